The van der Waals surface area contributed by atoms with Crippen LogP contribution in [-0.4, -0.2) is 40.1 Å². The fourth-order valence-electron chi connectivity index (χ4n) is 3.90. The number of benzene rings is 1. The number of rotatable bonds is 6. The maximum absolute atomic E-state index is 12.8. The van der Waals surface area contributed by atoms with Crippen LogP contribution < -0.4 is 4.74 Å². The standard InChI is InChI=1S/C23H30N2O5/c1-14-7-6-8-15(2)25(14)22(26)18(5)29-23(27)19-9-11-20(12-10-19)28-13-21-16(3)24-30-17(21)4/h9-12,14-15,18H,6-8,13H2,1-5H3/t14-,15+,18-/m0/s1. The number of piperidine rings is 1. The van der Waals surface area contributed by atoms with Crippen LogP contribution in [0, 0.1) is 13.8 Å². The number of hydrogen-bond acceptors (Lipinski definition) is 6. The van der Waals surface area contributed by atoms with Crippen molar-refractivity contribution in [2.24, 2.45) is 0 Å². The molecule has 0 spiro atoms. The molecule has 1 aromatic carbocycles. The number of ether oxygens (including phenoxy) is 2. The molecule has 0 radical (unpaired) electrons. The third-order valence-corrected chi connectivity index (χ3v) is 5.73. The van der Waals surface area contributed by atoms with Gasteiger partial charge in [-0.3, -0.25) is 4.79 Å². The van der Waals surface area contributed by atoms with Crippen molar-refractivity contribution in [1.82, 2.24) is 10.1 Å². The number of aromatic nitrogens is 1. The van der Waals surface area contributed by atoms with E-state index in [4.69, 9.17) is 14.0 Å². The fraction of sp³-hybridized carbons (Fsp3) is 0.522. The molecule has 0 bridgehead atoms. The van der Waals surface area contributed by atoms with E-state index in [1.807, 2.05) is 32.6 Å². The van der Waals surface area contributed by atoms with Crippen molar-refractivity contribution in [3.05, 3.63) is 46.8 Å². The van der Waals surface area contributed by atoms with E-state index in [2.05, 4.69) is 5.16 Å². The molecule has 1 fully saturated rings. The Hall–Kier alpha value is -2.83. The number of likely N-dealkylation sites (tertiary alicyclic amines) is 1. The maximum Gasteiger partial charge on any atom is 0.338 e. The average molecular weight is 415 g/mol. The Bertz CT molecular complexity index is 860. The maximum atomic E-state index is 12.8. The molecule has 1 amide bonds. The molecule has 1 aromatic heterocycles. The van der Waals surface area contributed by atoms with Gasteiger partial charge in [-0.05, 0) is 78.1 Å². The molecule has 0 N–H and O–H groups in total. The number of esters is 1. The lowest BCUT2D eigenvalue weighted by molar-refractivity contribution is -0.146. The van der Waals surface area contributed by atoms with Crippen molar-refractivity contribution in [2.75, 3.05) is 0 Å². The SMILES string of the molecule is Cc1noc(C)c1COc1ccc(C(=O)O[C@@H](C)C(=O)N2[C@H](C)CCC[C@@H]2C)cc1. The van der Waals surface area contributed by atoms with Crippen LogP contribution in [-0.2, 0) is 16.1 Å². The molecule has 3 rings (SSSR count). The lowest BCUT2D eigenvalue weighted by Crippen LogP contribution is -2.51. The molecule has 3 atom stereocenters. The molecule has 7 nitrogen and oxygen atoms in total. The zero-order valence-corrected chi connectivity index (χ0v) is 18.3. The van der Waals surface area contributed by atoms with E-state index in [1.54, 1.807) is 31.2 Å². The van der Waals surface area contributed by atoms with Gasteiger partial charge in [0.2, 0.25) is 0 Å². The smallest absolute Gasteiger partial charge is 0.338 e. The summed E-state index contributed by atoms with van der Waals surface area (Å²) in [7, 11) is 0. The van der Waals surface area contributed by atoms with E-state index in [1.165, 1.54) is 0 Å². The first-order valence-electron chi connectivity index (χ1n) is 10.5. The minimum Gasteiger partial charge on any atom is -0.489 e. The Morgan fingerprint density at radius 2 is 1.80 bits per heavy atom. The zero-order valence-electron chi connectivity index (χ0n) is 18.3. The Morgan fingerprint density at radius 3 is 2.37 bits per heavy atom. The van der Waals surface area contributed by atoms with Gasteiger partial charge in [-0.15, -0.1) is 0 Å². The second kappa shape index (κ2) is 9.32. The minimum atomic E-state index is -0.823. The fourth-order valence-corrected chi connectivity index (χ4v) is 3.90. The molecule has 0 aliphatic carbocycles. The van der Waals surface area contributed by atoms with Gasteiger partial charge in [0, 0.05) is 12.1 Å². The first kappa shape index (κ1) is 21.9. The quantitative estimate of drug-likeness (QED) is 0.659. The van der Waals surface area contributed by atoms with Crippen molar-refractivity contribution in [3.8, 4) is 5.75 Å². The third kappa shape index (κ3) is 4.83. The average Bonchev–Trinajstić information content (AvgIpc) is 3.04. The van der Waals surface area contributed by atoms with Crippen LogP contribution in [0.15, 0.2) is 28.8 Å². The monoisotopic (exact) mass is 414 g/mol. The van der Waals surface area contributed by atoms with Gasteiger partial charge >= 0.3 is 5.97 Å². The van der Waals surface area contributed by atoms with E-state index in [0.29, 0.717) is 17.9 Å². The summed E-state index contributed by atoms with van der Waals surface area (Å²) in [6.45, 7) is 9.76. The van der Waals surface area contributed by atoms with E-state index in [-0.39, 0.29) is 18.0 Å². The molecule has 7 heteroatoms. The van der Waals surface area contributed by atoms with Crippen molar-refractivity contribution >= 4 is 11.9 Å². The molecule has 1 aliphatic rings. The van der Waals surface area contributed by atoms with Crippen LogP contribution in [0.25, 0.3) is 0 Å². The number of nitrogens with zero attached hydrogens (tertiary/aromatic N) is 2. The number of aryl methyl sites for hydroxylation is 2. The van der Waals surface area contributed by atoms with Gasteiger partial charge in [0.1, 0.15) is 18.1 Å². The molecule has 30 heavy (non-hydrogen) atoms. The highest BCUT2D eigenvalue weighted by Gasteiger charge is 2.33. The van der Waals surface area contributed by atoms with E-state index >= 15 is 0 Å². The van der Waals surface area contributed by atoms with Crippen molar-refractivity contribution in [2.45, 2.75) is 78.7 Å². The topological polar surface area (TPSA) is 81.9 Å². The lowest BCUT2D eigenvalue weighted by atomic mass is 9.97. The van der Waals surface area contributed by atoms with E-state index < -0.39 is 12.1 Å². The number of carbonyl (C=O) groups excluding carboxylic acids is 2. The second-order valence-electron chi connectivity index (χ2n) is 8.04. The predicted octanol–water partition coefficient (Wildman–Crippen LogP) is 4.21. The van der Waals surface area contributed by atoms with Gasteiger partial charge < -0.3 is 18.9 Å². The molecule has 0 unspecified atom stereocenters. The summed E-state index contributed by atoms with van der Waals surface area (Å²) in [5.41, 5.74) is 2.08. The highest BCUT2D eigenvalue weighted by molar-refractivity contribution is 5.92. The van der Waals surface area contributed by atoms with E-state index in [9.17, 15) is 9.59 Å². The minimum absolute atomic E-state index is 0.137. The van der Waals surface area contributed by atoms with Crippen molar-refractivity contribution < 1.29 is 23.6 Å². The van der Waals surface area contributed by atoms with Gasteiger partial charge in [-0.1, -0.05) is 5.16 Å². The molecule has 1 aliphatic heterocycles. The van der Waals surface area contributed by atoms with Gasteiger partial charge in [-0.2, -0.15) is 0 Å². The van der Waals surface area contributed by atoms with Crippen molar-refractivity contribution in [1.29, 1.82) is 0 Å². The number of hydrogen-bond donors (Lipinski definition) is 0. The Labute approximate surface area is 177 Å². The Kier molecular flexibility index (Phi) is 6.80. The second-order valence-corrected chi connectivity index (χ2v) is 8.04. The normalized spacial score (nSPS) is 20.0. The molecule has 2 aromatic rings. The predicted molar refractivity (Wildman–Crippen MR) is 111 cm³/mol. The Morgan fingerprint density at radius 1 is 1.17 bits per heavy atom. The molecule has 1 saturated heterocycles. The van der Waals surface area contributed by atoms with Crippen LogP contribution in [0.3, 0.4) is 0 Å². The summed E-state index contributed by atoms with van der Waals surface area (Å²) in [4.78, 5) is 27.2. The number of carbonyl (C=O) groups is 2. The van der Waals surface area contributed by atoms with Crippen molar-refractivity contribution in [3.63, 3.8) is 0 Å². The van der Waals surface area contributed by atoms with Crippen LogP contribution >= 0.6 is 0 Å². The highest BCUT2D eigenvalue weighted by Crippen LogP contribution is 2.24. The largest absolute Gasteiger partial charge is 0.489 e. The van der Waals surface area contributed by atoms with Gasteiger partial charge in [0.05, 0.1) is 16.8 Å². The van der Waals surface area contributed by atoms with E-state index in [0.717, 1.165) is 36.3 Å². The van der Waals surface area contributed by atoms with Gasteiger partial charge in [0.25, 0.3) is 5.91 Å². The van der Waals surface area contributed by atoms with Crippen LogP contribution in [0.2, 0.25) is 0 Å². The third-order valence-electron chi connectivity index (χ3n) is 5.73. The molecular weight excluding hydrogens is 384 g/mol. The van der Waals surface area contributed by atoms with Crippen LogP contribution in [0.4, 0.5) is 0 Å². The number of amides is 1. The first-order chi connectivity index (χ1) is 14.3. The summed E-state index contributed by atoms with van der Waals surface area (Å²) >= 11 is 0. The zero-order chi connectivity index (χ0) is 21.8. The Balaban J connectivity index is 1.57. The van der Waals surface area contributed by atoms with Crippen LogP contribution in [0.5, 0.6) is 5.75 Å². The first-order valence-corrected chi connectivity index (χ1v) is 10.5. The van der Waals surface area contributed by atoms with Gasteiger partial charge in [-0.25, -0.2) is 4.79 Å². The lowest BCUT2D eigenvalue weighted by Gasteiger charge is -2.40. The summed E-state index contributed by atoms with van der Waals surface area (Å²) in [5, 5.41) is 3.90. The molecule has 2 heterocycles. The summed E-state index contributed by atoms with van der Waals surface area (Å²) < 4.78 is 16.3. The molecular formula is C23H30N2O5. The molecule has 162 valence electrons. The van der Waals surface area contributed by atoms with Crippen LogP contribution in [0.1, 0.15) is 67.4 Å². The summed E-state index contributed by atoms with van der Waals surface area (Å²) in [6, 6.07) is 7.00. The molecule has 0 saturated carbocycles. The highest BCUT2D eigenvalue weighted by atomic mass is 16.5. The summed E-state index contributed by atoms with van der Waals surface area (Å²) in [6.07, 6.45) is 2.25. The summed E-state index contributed by atoms with van der Waals surface area (Å²) in [5.74, 6) is 0.684. The van der Waals surface area contributed by atoms with Gasteiger partial charge in [0.15, 0.2) is 6.10 Å².